The fraction of sp³-hybridized carbons (Fsp3) is 0.0625. The lowest BCUT2D eigenvalue weighted by Gasteiger charge is -2.06. The van der Waals surface area contributed by atoms with Gasteiger partial charge in [-0.25, -0.2) is 4.79 Å². The summed E-state index contributed by atoms with van der Waals surface area (Å²) in [7, 11) is 0. The van der Waals surface area contributed by atoms with Gasteiger partial charge in [0.1, 0.15) is 6.61 Å². The number of aromatic nitrogens is 1. The molecule has 3 nitrogen and oxygen atoms in total. The van der Waals surface area contributed by atoms with Gasteiger partial charge < -0.3 is 4.74 Å². The Morgan fingerprint density at radius 1 is 1.10 bits per heavy atom. The minimum atomic E-state index is -0.356. The van der Waals surface area contributed by atoms with E-state index in [1.807, 2.05) is 54.6 Å². The van der Waals surface area contributed by atoms with E-state index in [4.69, 9.17) is 4.74 Å². The summed E-state index contributed by atoms with van der Waals surface area (Å²) in [5, 5.41) is 1.03. The van der Waals surface area contributed by atoms with Crippen LogP contribution in [-0.2, 0) is 11.3 Å². The van der Waals surface area contributed by atoms with Gasteiger partial charge in [-0.3, -0.25) is 4.57 Å². The molecule has 0 saturated heterocycles. The quantitative estimate of drug-likeness (QED) is 0.619. The molecule has 4 heteroatoms. The maximum atomic E-state index is 12.1. The molecule has 0 spiro atoms. The fourth-order valence-corrected chi connectivity index (χ4v) is 2.52. The van der Waals surface area contributed by atoms with Crippen molar-refractivity contribution in [3.8, 4) is 0 Å². The van der Waals surface area contributed by atoms with Crippen LogP contribution in [0.3, 0.4) is 0 Å². The molecule has 1 heterocycles. The van der Waals surface area contributed by atoms with E-state index in [0.717, 1.165) is 20.0 Å². The van der Waals surface area contributed by atoms with Gasteiger partial charge in [-0.05, 0) is 46.4 Å². The van der Waals surface area contributed by atoms with Gasteiger partial charge in [0.25, 0.3) is 0 Å². The maximum absolute atomic E-state index is 12.1. The van der Waals surface area contributed by atoms with Crippen LogP contribution < -0.4 is 0 Å². The molecule has 0 amide bonds. The molecule has 0 N–H and O–H groups in total. The molecule has 0 radical (unpaired) electrons. The van der Waals surface area contributed by atoms with Crippen molar-refractivity contribution >= 4 is 39.6 Å². The largest absolute Gasteiger partial charge is 0.444 e. The Balaban J connectivity index is 1.80. The number of hydrogen-bond donors (Lipinski definition) is 0. The van der Waals surface area contributed by atoms with E-state index >= 15 is 0 Å². The van der Waals surface area contributed by atoms with E-state index in [1.54, 1.807) is 10.8 Å². The lowest BCUT2D eigenvalue weighted by molar-refractivity contribution is 0.142. The Hall–Kier alpha value is -1.82. The second-order valence-electron chi connectivity index (χ2n) is 4.43. The molecule has 0 unspecified atom stereocenters. The summed E-state index contributed by atoms with van der Waals surface area (Å²) in [5.41, 5.74) is 1.85. The van der Waals surface area contributed by atoms with Gasteiger partial charge in [0.2, 0.25) is 0 Å². The molecule has 1 aromatic heterocycles. The number of benzene rings is 2. The van der Waals surface area contributed by atoms with Crippen molar-refractivity contribution in [1.82, 2.24) is 4.57 Å². The summed E-state index contributed by atoms with van der Waals surface area (Å²) in [6.07, 6.45) is 1.39. The molecular formula is C16H12INO2. The van der Waals surface area contributed by atoms with Crippen LogP contribution >= 0.6 is 22.6 Å². The summed E-state index contributed by atoms with van der Waals surface area (Å²) in [6, 6.07) is 17.6. The summed E-state index contributed by atoms with van der Waals surface area (Å²) in [6.45, 7) is 0.281. The number of nitrogens with zero attached hydrogens (tertiary/aromatic N) is 1. The normalized spacial score (nSPS) is 10.7. The predicted molar refractivity (Wildman–Crippen MR) is 86.7 cm³/mol. The van der Waals surface area contributed by atoms with Crippen molar-refractivity contribution in [2.24, 2.45) is 0 Å². The highest BCUT2D eigenvalue weighted by Crippen LogP contribution is 2.19. The number of ether oxygens (including phenoxy) is 1. The monoisotopic (exact) mass is 377 g/mol. The zero-order valence-electron chi connectivity index (χ0n) is 10.6. The minimum Gasteiger partial charge on any atom is -0.444 e. The predicted octanol–water partition coefficient (Wildman–Crippen LogP) is 4.43. The number of rotatable bonds is 2. The standard InChI is InChI=1S/C16H12INO2/c17-14-7-6-13-8-9-18(15(13)10-14)16(19)20-11-12-4-2-1-3-5-12/h1-10H,11H2. The van der Waals surface area contributed by atoms with Crippen molar-refractivity contribution in [3.05, 3.63) is 69.9 Å². The zero-order chi connectivity index (χ0) is 13.9. The van der Waals surface area contributed by atoms with Crippen LogP contribution in [0.2, 0.25) is 0 Å². The van der Waals surface area contributed by atoms with Crippen LogP contribution in [0, 0.1) is 3.57 Å². The molecule has 2 aromatic carbocycles. The van der Waals surface area contributed by atoms with Crippen molar-refractivity contribution in [2.45, 2.75) is 6.61 Å². The molecule has 0 atom stereocenters. The molecule has 0 saturated carbocycles. The Bertz CT molecular complexity index is 750. The van der Waals surface area contributed by atoms with E-state index in [-0.39, 0.29) is 12.7 Å². The first-order valence-electron chi connectivity index (χ1n) is 6.22. The molecule has 0 aliphatic rings. The minimum absolute atomic E-state index is 0.281. The van der Waals surface area contributed by atoms with Crippen LogP contribution in [0.25, 0.3) is 10.9 Å². The Morgan fingerprint density at radius 3 is 2.70 bits per heavy atom. The highest BCUT2D eigenvalue weighted by molar-refractivity contribution is 14.1. The molecule has 3 rings (SSSR count). The second kappa shape index (κ2) is 5.66. The van der Waals surface area contributed by atoms with Crippen molar-refractivity contribution < 1.29 is 9.53 Å². The van der Waals surface area contributed by atoms with Gasteiger partial charge in [0.15, 0.2) is 0 Å². The lowest BCUT2D eigenvalue weighted by atomic mass is 10.2. The van der Waals surface area contributed by atoms with Crippen LogP contribution in [0.15, 0.2) is 60.8 Å². The van der Waals surface area contributed by atoms with E-state index in [0.29, 0.717) is 0 Å². The number of fused-ring (bicyclic) bond motifs is 1. The highest BCUT2D eigenvalue weighted by Gasteiger charge is 2.10. The van der Waals surface area contributed by atoms with Crippen LogP contribution in [-0.4, -0.2) is 10.7 Å². The van der Waals surface area contributed by atoms with E-state index in [1.165, 1.54) is 0 Å². The third kappa shape index (κ3) is 2.70. The number of carbonyl (C=O) groups excluding carboxylic acids is 1. The van der Waals surface area contributed by atoms with Gasteiger partial charge in [0, 0.05) is 15.2 Å². The van der Waals surface area contributed by atoms with Gasteiger partial charge in [-0.15, -0.1) is 0 Å². The van der Waals surface area contributed by atoms with Crippen molar-refractivity contribution in [1.29, 1.82) is 0 Å². The summed E-state index contributed by atoms with van der Waals surface area (Å²) < 4.78 is 7.97. The first-order valence-corrected chi connectivity index (χ1v) is 7.29. The van der Waals surface area contributed by atoms with E-state index in [9.17, 15) is 4.79 Å². The van der Waals surface area contributed by atoms with Gasteiger partial charge in [-0.1, -0.05) is 36.4 Å². The average Bonchev–Trinajstić information content (AvgIpc) is 2.89. The Labute approximate surface area is 130 Å². The topological polar surface area (TPSA) is 31.2 Å². The third-order valence-corrected chi connectivity index (χ3v) is 3.73. The number of carbonyl (C=O) groups is 1. The summed E-state index contributed by atoms with van der Waals surface area (Å²) in [5.74, 6) is 0. The summed E-state index contributed by atoms with van der Waals surface area (Å²) >= 11 is 2.23. The molecule has 0 aliphatic heterocycles. The fourth-order valence-electron chi connectivity index (χ4n) is 2.05. The van der Waals surface area contributed by atoms with Crippen LogP contribution in [0.5, 0.6) is 0 Å². The van der Waals surface area contributed by atoms with Gasteiger partial charge >= 0.3 is 6.09 Å². The molecular weight excluding hydrogens is 365 g/mol. The third-order valence-electron chi connectivity index (χ3n) is 3.06. The van der Waals surface area contributed by atoms with Crippen LogP contribution in [0.1, 0.15) is 5.56 Å². The highest BCUT2D eigenvalue weighted by atomic mass is 127. The number of hydrogen-bond acceptors (Lipinski definition) is 2. The molecule has 3 aromatic rings. The lowest BCUT2D eigenvalue weighted by Crippen LogP contribution is -2.12. The molecule has 100 valence electrons. The van der Waals surface area contributed by atoms with Gasteiger partial charge in [0.05, 0.1) is 5.52 Å². The maximum Gasteiger partial charge on any atom is 0.418 e. The summed E-state index contributed by atoms with van der Waals surface area (Å²) in [4.78, 5) is 12.1. The van der Waals surface area contributed by atoms with Crippen LogP contribution in [0.4, 0.5) is 4.79 Å². The number of halogens is 1. The molecule has 0 aliphatic carbocycles. The van der Waals surface area contributed by atoms with Crippen molar-refractivity contribution in [2.75, 3.05) is 0 Å². The van der Waals surface area contributed by atoms with E-state index < -0.39 is 0 Å². The first kappa shape index (κ1) is 13.2. The Kier molecular flexibility index (Phi) is 3.73. The van der Waals surface area contributed by atoms with E-state index in [2.05, 4.69) is 22.6 Å². The molecule has 0 bridgehead atoms. The second-order valence-corrected chi connectivity index (χ2v) is 5.67. The average molecular weight is 377 g/mol. The SMILES string of the molecule is O=C(OCc1ccccc1)n1ccc2ccc(I)cc21. The smallest absolute Gasteiger partial charge is 0.418 e. The van der Waals surface area contributed by atoms with Crippen molar-refractivity contribution in [3.63, 3.8) is 0 Å². The molecule has 0 fully saturated rings. The zero-order valence-corrected chi connectivity index (χ0v) is 12.8. The first-order chi connectivity index (χ1) is 9.74. The Morgan fingerprint density at radius 2 is 1.90 bits per heavy atom. The van der Waals surface area contributed by atoms with Gasteiger partial charge in [-0.2, -0.15) is 0 Å². The molecule has 20 heavy (non-hydrogen) atoms.